The summed E-state index contributed by atoms with van der Waals surface area (Å²) in [6.45, 7) is 0. The van der Waals surface area contributed by atoms with Crippen molar-refractivity contribution in [3.05, 3.63) is 29.8 Å². The molecule has 2 nitrogen and oxygen atoms in total. The summed E-state index contributed by atoms with van der Waals surface area (Å²) in [6, 6.07) is 6.06. The second kappa shape index (κ2) is 5.18. The van der Waals surface area contributed by atoms with Gasteiger partial charge in [-0.1, -0.05) is 31.0 Å². The second-order valence-electron chi connectivity index (χ2n) is 4.54. The van der Waals surface area contributed by atoms with Crippen LogP contribution in [0.4, 0.5) is 13.2 Å². The van der Waals surface area contributed by atoms with E-state index in [0.717, 1.165) is 12.8 Å². The zero-order chi connectivity index (χ0) is 13.2. The lowest BCUT2D eigenvalue weighted by Crippen LogP contribution is -2.25. The van der Waals surface area contributed by atoms with Gasteiger partial charge in [0, 0.05) is 11.5 Å². The van der Waals surface area contributed by atoms with Gasteiger partial charge in [0.2, 0.25) is 0 Å². The number of aliphatic hydroxyl groups excluding tert-OH is 1. The van der Waals surface area contributed by atoms with E-state index in [1.54, 1.807) is 12.1 Å². The van der Waals surface area contributed by atoms with E-state index >= 15 is 0 Å². The number of hydrogen-bond acceptors (Lipinski definition) is 2. The van der Waals surface area contributed by atoms with Crippen molar-refractivity contribution in [3.8, 4) is 5.75 Å². The molecule has 18 heavy (non-hydrogen) atoms. The number of hydrogen-bond donors (Lipinski definition) is 1. The predicted octanol–water partition coefficient (Wildman–Crippen LogP) is 3.60. The third kappa shape index (κ3) is 3.16. The maximum Gasteiger partial charge on any atom is 0.573 e. The molecular formula is C13H15F3O2. The van der Waals surface area contributed by atoms with Crippen LogP contribution in [0.3, 0.4) is 0 Å². The van der Waals surface area contributed by atoms with Gasteiger partial charge in [0.1, 0.15) is 5.75 Å². The molecule has 0 amide bonds. The summed E-state index contributed by atoms with van der Waals surface area (Å²) in [5, 5.41) is 9.91. The Balaban J connectivity index is 2.26. The highest BCUT2D eigenvalue weighted by Crippen LogP contribution is 2.39. The van der Waals surface area contributed by atoms with E-state index in [1.807, 2.05) is 0 Å². The third-order valence-corrected chi connectivity index (χ3v) is 3.27. The monoisotopic (exact) mass is 260 g/mol. The quantitative estimate of drug-likeness (QED) is 0.880. The summed E-state index contributed by atoms with van der Waals surface area (Å²) in [6.07, 6.45) is -2.13. The first kappa shape index (κ1) is 13.2. The predicted molar refractivity (Wildman–Crippen MR) is 60.3 cm³/mol. The molecule has 5 heteroatoms. The van der Waals surface area contributed by atoms with E-state index in [1.165, 1.54) is 12.1 Å². The number of rotatable bonds is 2. The van der Waals surface area contributed by atoms with Crippen LogP contribution in [0.25, 0.3) is 0 Å². The van der Waals surface area contributed by atoms with Crippen LogP contribution in [-0.2, 0) is 0 Å². The molecule has 1 aliphatic rings. The van der Waals surface area contributed by atoms with E-state index in [4.69, 9.17) is 0 Å². The van der Waals surface area contributed by atoms with Gasteiger partial charge in [0.15, 0.2) is 0 Å². The fourth-order valence-electron chi connectivity index (χ4n) is 2.48. The summed E-state index contributed by atoms with van der Waals surface area (Å²) in [5.41, 5.74) is 0.446. The molecule has 0 spiro atoms. The molecule has 0 bridgehead atoms. The highest BCUT2D eigenvalue weighted by Gasteiger charge is 2.34. The second-order valence-corrected chi connectivity index (χ2v) is 4.54. The van der Waals surface area contributed by atoms with Gasteiger partial charge in [-0.15, -0.1) is 13.2 Å². The molecule has 0 radical (unpaired) electrons. The minimum Gasteiger partial charge on any atom is -0.405 e. The van der Waals surface area contributed by atoms with Crippen molar-refractivity contribution in [1.82, 2.24) is 0 Å². The molecule has 0 aromatic heterocycles. The molecule has 100 valence electrons. The van der Waals surface area contributed by atoms with Crippen LogP contribution in [-0.4, -0.2) is 17.6 Å². The van der Waals surface area contributed by atoms with Gasteiger partial charge in [-0.25, -0.2) is 0 Å². The van der Waals surface area contributed by atoms with Crippen molar-refractivity contribution < 1.29 is 23.0 Å². The lowest BCUT2D eigenvalue weighted by Gasteiger charge is -2.29. The van der Waals surface area contributed by atoms with Gasteiger partial charge in [-0.05, 0) is 18.9 Å². The van der Waals surface area contributed by atoms with Crippen molar-refractivity contribution in [1.29, 1.82) is 0 Å². The van der Waals surface area contributed by atoms with Gasteiger partial charge >= 0.3 is 6.36 Å². The smallest absolute Gasteiger partial charge is 0.405 e. The molecule has 1 N–H and O–H groups in total. The Kier molecular flexibility index (Phi) is 3.80. The molecule has 2 unspecified atom stereocenters. The summed E-state index contributed by atoms with van der Waals surface area (Å²) >= 11 is 0. The fourth-order valence-corrected chi connectivity index (χ4v) is 2.48. The van der Waals surface area contributed by atoms with Gasteiger partial charge in [0.25, 0.3) is 0 Å². The summed E-state index contributed by atoms with van der Waals surface area (Å²) in [7, 11) is 0. The van der Waals surface area contributed by atoms with Crippen molar-refractivity contribution in [2.75, 3.05) is 0 Å². The Hall–Kier alpha value is -1.23. The van der Waals surface area contributed by atoms with Crippen LogP contribution >= 0.6 is 0 Å². The van der Waals surface area contributed by atoms with Crippen LogP contribution in [0.5, 0.6) is 5.75 Å². The average molecular weight is 260 g/mol. The Morgan fingerprint density at radius 1 is 1.11 bits per heavy atom. The van der Waals surface area contributed by atoms with Gasteiger partial charge < -0.3 is 9.84 Å². The van der Waals surface area contributed by atoms with Crippen molar-refractivity contribution in [2.45, 2.75) is 44.1 Å². The Bertz CT molecular complexity index is 403. The molecule has 1 fully saturated rings. The Labute approximate surface area is 103 Å². The number of para-hydroxylation sites is 1. The van der Waals surface area contributed by atoms with Crippen LogP contribution in [0, 0.1) is 0 Å². The number of benzene rings is 1. The van der Waals surface area contributed by atoms with E-state index in [-0.39, 0.29) is 11.7 Å². The zero-order valence-corrected chi connectivity index (χ0v) is 9.78. The Morgan fingerprint density at radius 3 is 2.44 bits per heavy atom. The maximum absolute atomic E-state index is 12.3. The lowest BCUT2D eigenvalue weighted by atomic mass is 9.81. The molecule has 2 atom stereocenters. The molecule has 0 heterocycles. The van der Waals surface area contributed by atoms with Crippen LogP contribution in [0.1, 0.15) is 37.2 Å². The van der Waals surface area contributed by atoms with Crippen LogP contribution in [0.2, 0.25) is 0 Å². The standard InChI is InChI=1S/C13H15F3O2/c14-13(15,16)18-12-8-4-2-6-10(12)9-5-1-3-7-11(9)17/h2,4,6,8-9,11,17H,1,3,5,7H2. The van der Waals surface area contributed by atoms with E-state index in [9.17, 15) is 18.3 Å². The minimum atomic E-state index is -4.70. The molecule has 1 saturated carbocycles. The molecule has 1 aliphatic carbocycles. The summed E-state index contributed by atoms with van der Waals surface area (Å²) in [5.74, 6) is -0.465. The third-order valence-electron chi connectivity index (χ3n) is 3.27. The van der Waals surface area contributed by atoms with Crippen molar-refractivity contribution in [3.63, 3.8) is 0 Å². The lowest BCUT2D eigenvalue weighted by molar-refractivity contribution is -0.275. The first-order valence-corrected chi connectivity index (χ1v) is 6.00. The fraction of sp³-hybridized carbons (Fsp3) is 0.538. The van der Waals surface area contributed by atoms with E-state index < -0.39 is 12.5 Å². The maximum atomic E-state index is 12.3. The number of alkyl halides is 3. The van der Waals surface area contributed by atoms with E-state index in [0.29, 0.717) is 18.4 Å². The van der Waals surface area contributed by atoms with E-state index in [2.05, 4.69) is 4.74 Å². The molecule has 1 aromatic carbocycles. The molecule has 0 saturated heterocycles. The molecule has 0 aliphatic heterocycles. The van der Waals surface area contributed by atoms with Crippen molar-refractivity contribution >= 4 is 0 Å². The van der Waals surface area contributed by atoms with Gasteiger partial charge in [-0.3, -0.25) is 0 Å². The molecule has 1 aromatic rings. The summed E-state index contributed by atoms with van der Waals surface area (Å²) in [4.78, 5) is 0. The number of aliphatic hydroxyl groups is 1. The van der Waals surface area contributed by atoms with Gasteiger partial charge in [0.05, 0.1) is 6.10 Å². The summed E-state index contributed by atoms with van der Waals surface area (Å²) < 4.78 is 40.9. The highest BCUT2D eigenvalue weighted by atomic mass is 19.4. The molecular weight excluding hydrogens is 245 g/mol. The topological polar surface area (TPSA) is 29.5 Å². The highest BCUT2D eigenvalue weighted by molar-refractivity contribution is 5.37. The number of halogens is 3. The Morgan fingerprint density at radius 2 is 1.78 bits per heavy atom. The first-order chi connectivity index (χ1) is 8.47. The average Bonchev–Trinajstić information content (AvgIpc) is 2.29. The van der Waals surface area contributed by atoms with Crippen LogP contribution in [0.15, 0.2) is 24.3 Å². The van der Waals surface area contributed by atoms with Gasteiger partial charge in [-0.2, -0.15) is 0 Å². The molecule has 2 rings (SSSR count). The minimum absolute atomic E-state index is 0.198. The zero-order valence-electron chi connectivity index (χ0n) is 9.78. The number of ether oxygens (including phenoxy) is 1. The first-order valence-electron chi connectivity index (χ1n) is 6.00. The SMILES string of the molecule is OC1CCCCC1c1ccccc1OC(F)(F)F. The van der Waals surface area contributed by atoms with Crippen LogP contribution < -0.4 is 4.74 Å². The largest absolute Gasteiger partial charge is 0.573 e. The van der Waals surface area contributed by atoms with Crippen molar-refractivity contribution in [2.24, 2.45) is 0 Å². The normalized spacial score (nSPS) is 24.9.